The highest BCUT2D eigenvalue weighted by atomic mass is 32.2. The van der Waals surface area contributed by atoms with Crippen molar-refractivity contribution in [2.24, 2.45) is 10.1 Å². The summed E-state index contributed by atoms with van der Waals surface area (Å²) in [4.78, 5) is 16.2. The third kappa shape index (κ3) is 2.54. The Morgan fingerprint density at radius 2 is 2.05 bits per heavy atom. The molecule has 0 spiro atoms. The summed E-state index contributed by atoms with van der Waals surface area (Å²) in [5.41, 5.74) is 2.29. The van der Waals surface area contributed by atoms with Crippen LogP contribution in [0.2, 0.25) is 0 Å². The van der Waals surface area contributed by atoms with Crippen molar-refractivity contribution in [1.29, 1.82) is 5.41 Å². The van der Waals surface area contributed by atoms with Crippen LogP contribution in [0.15, 0.2) is 39.9 Å². The highest BCUT2D eigenvalue weighted by Gasteiger charge is 2.34. The number of aliphatic imine (C=N–C) groups is 1. The van der Waals surface area contributed by atoms with Gasteiger partial charge >= 0.3 is 0 Å². The van der Waals surface area contributed by atoms with E-state index in [1.54, 1.807) is 6.08 Å². The average molecular weight is 298 g/mol. The molecule has 2 aliphatic heterocycles. The molecule has 0 aliphatic carbocycles. The smallest absolute Gasteiger partial charge is 0.282 e. The second-order valence-corrected chi connectivity index (χ2v) is 5.82. The van der Waals surface area contributed by atoms with Crippen LogP contribution in [-0.2, 0) is 4.79 Å². The van der Waals surface area contributed by atoms with Gasteiger partial charge in [-0.1, -0.05) is 36.8 Å². The summed E-state index contributed by atoms with van der Waals surface area (Å²) >= 11 is 1.35. The molecule has 21 heavy (non-hydrogen) atoms. The van der Waals surface area contributed by atoms with Crippen molar-refractivity contribution in [3.8, 4) is 0 Å². The van der Waals surface area contributed by atoms with Crippen LogP contribution in [0, 0.1) is 12.3 Å². The Hall–Kier alpha value is -2.21. The number of hydrogen-bond acceptors (Lipinski definition) is 4. The van der Waals surface area contributed by atoms with Crippen LogP contribution in [0.25, 0.3) is 6.08 Å². The van der Waals surface area contributed by atoms with E-state index in [1.165, 1.54) is 16.8 Å². The summed E-state index contributed by atoms with van der Waals surface area (Å²) in [5, 5.41) is 15.3. The van der Waals surface area contributed by atoms with Gasteiger partial charge in [0.2, 0.25) is 5.17 Å². The Kier molecular flexibility index (Phi) is 3.47. The fourth-order valence-electron chi connectivity index (χ4n) is 2.00. The first-order valence-electron chi connectivity index (χ1n) is 6.64. The zero-order valence-electron chi connectivity index (χ0n) is 11.8. The van der Waals surface area contributed by atoms with Crippen LogP contribution in [0.3, 0.4) is 0 Å². The molecule has 0 fully saturated rings. The number of carbonyl (C=O) groups excluding carboxylic acids is 1. The van der Waals surface area contributed by atoms with Gasteiger partial charge in [-0.3, -0.25) is 10.2 Å². The van der Waals surface area contributed by atoms with E-state index in [1.807, 2.05) is 38.1 Å². The van der Waals surface area contributed by atoms with Crippen molar-refractivity contribution < 1.29 is 4.79 Å². The molecule has 0 unspecified atom stereocenters. The molecule has 1 aromatic carbocycles. The van der Waals surface area contributed by atoms with Crippen LogP contribution in [0.1, 0.15) is 24.5 Å². The lowest BCUT2D eigenvalue weighted by Crippen LogP contribution is -2.35. The van der Waals surface area contributed by atoms with Crippen LogP contribution >= 0.6 is 11.8 Å². The number of hydrazone groups is 1. The number of amidine groups is 2. The van der Waals surface area contributed by atoms with Gasteiger partial charge in [0, 0.05) is 0 Å². The van der Waals surface area contributed by atoms with Crippen molar-refractivity contribution in [2.45, 2.75) is 20.3 Å². The van der Waals surface area contributed by atoms with Gasteiger partial charge in [0.1, 0.15) is 5.04 Å². The molecule has 5 nitrogen and oxygen atoms in total. The summed E-state index contributed by atoms with van der Waals surface area (Å²) in [5.74, 6) is -0.298. The zero-order valence-corrected chi connectivity index (χ0v) is 12.6. The maximum atomic E-state index is 12.1. The number of carbonyl (C=O) groups is 1. The van der Waals surface area contributed by atoms with Crippen molar-refractivity contribution in [1.82, 2.24) is 5.01 Å². The Morgan fingerprint density at radius 1 is 1.33 bits per heavy atom. The van der Waals surface area contributed by atoms with Gasteiger partial charge in [0.05, 0.1) is 5.57 Å². The molecule has 6 heteroatoms. The van der Waals surface area contributed by atoms with E-state index in [9.17, 15) is 4.79 Å². The Balaban J connectivity index is 1.97. The lowest BCUT2D eigenvalue weighted by molar-refractivity contribution is -0.114. The Bertz CT molecular complexity index is 716. The van der Waals surface area contributed by atoms with Crippen molar-refractivity contribution in [3.05, 3.63) is 41.0 Å². The molecule has 1 N–H and O–H groups in total. The van der Waals surface area contributed by atoms with Crippen molar-refractivity contribution in [2.75, 3.05) is 0 Å². The highest BCUT2D eigenvalue weighted by molar-refractivity contribution is 8.26. The SMILES string of the molecule is CCC1=NN2C(=N)/C(=C/c3ccc(C)cc3)C(=O)N=C2S1. The first-order chi connectivity index (χ1) is 10.1. The predicted molar refractivity (Wildman–Crippen MR) is 86.5 cm³/mol. The maximum Gasteiger partial charge on any atom is 0.283 e. The predicted octanol–water partition coefficient (Wildman–Crippen LogP) is 3.02. The number of nitrogens with one attached hydrogen (secondary N) is 1. The van der Waals surface area contributed by atoms with Crippen LogP contribution < -0.4 is 0 Å². The maximum absolute atomic E-state index is 12.1. The van der Waals surface area contributed by atoms with E-state index in [0.29, 0.717) is 5.17 Å². The van der Waals surface area contributed by atoms with Gasteiger partial charge in [-0.15, -0.1) is 0 Å². The number of fused-ring (bicyclic) bond motifs is 1. The number of nitrogens with zero attached hydrogens (tertiary/aromatic N) is 3. The molecule has 0 atom stereocenters. The van der Waals surface area contributed by atoms with Crippen LogP contribution in [-0.4, -0.2) is 27.0 Å². The van der Waals surface area contributed by atoms with Gasteiger partial charge in [0.15, 0.2) is 5.84 Å². The third-order valence-electron chi connectivity index (χ3n) is 3.19. The molecule has 2 heterocycles. The minimum atomic E-state index is -0.383. The fraction of sp³-hybridized carbons (Fsp3) is 0.200. The summed E-state index contributed by atoms with van der Waals surface area (Å²) in [6, 6.07) is 7.78. The Labute approximate surface area is 127 Å². The second kappa shape index (κ2) is 5.29. The molecule has 0 saturated heterocycles. The standard InChI is InChI=1S/C15H14N4OS/c1-3-12-18-19-13(16)11(14(20)17-15(19)21-12)8-10-6-4-9(2)5-7-10/h4-8,16H,3H2,1-2H3/b11-8-,16-13?. The normalized spacial score (nSPS) is 19.7. The molecule has 0 saturated carbocycles. The summed E-state index contributed by atoms with van der Waals surface area (Å²) in [7, 11) is 0. The van der Waals surface area contributed by atoms with E-state index in [2.05, 4.69) is 10.1 Å². The largest absolute Gasteiger partial charge is 0.283 e. The third-order valence-corrected chi connectivity index (χ3v) is 4.24. The molecule has 2 aliphatic rings. The first kappa shape index (κ1) is 13.8. The highest BCUT2D eigenvalue weighted by Crippen LogP contribution is 2.29. The van der Waals surface area contributed by atoms with E-state index in [0.717, 1.165) is 22.6 Å². The van der Waals surface area contributed by atoms with Gasteiger partial charge in [0.25, 0.3) is 5.91 Å². The monoisotopic (exact) mass is 298 g/mol. The molecular formula is C15H14N4OS. The van der Waals surface area contributed by atoms with Gasteiger partial charge in [-0.25, -0.2) is 0 Å². The minimum absolute atomic E-state index is 0.0847. The lowest BCUT2D eigenvalue weighted by atomic mass is 10.1. The van der Waals surface area contributed by atoms with Gasteiger partial charge in [-0.05, 0) is 36.7 Å². The molecule has 1 amide bonds. The quantitative estimate of drug-likeness (QED) is 0.853. The van der Waals surface area contributed by atoms with E-state index in [4.69, 9.17) is 5.41 Å². The van der Waals surface area contributed by atoms with Crippen LogP contribution in [0.4, 0.5) is 0 Å². The van der Waals surface area contributed by atoms with E-state index in [-0.39, 0.29) is 17.3 Å². The number of amides is 1. The summed E-state index contributed by atoms with van der Waals surface area (Å²) in [6.07, 6.45) is 2.45. The lowest BCUT2D eigenvalue weighted by Gasteiger charge is -2.20. The number of hydrogen-bond donors (Lipinski definition) is 1. The summed E-state index contributed by atoms with van der Waals surface area (Å²) in [6.45, 7) is 3.99. The number of aryl methyl sites for hydroxylation is 1. The number of thioether (sulfide) groups is 1. The van der Waals surface area contributed by atoms with Gasteiger partial charge in [-0.2, -0.15) is 15.1 Å². The molecule has 3 rings (SSSR count). The molecule has 1 aromatic rings. The first-order valence-corrected chi connectivity index (χ1v) is 7.46. The number of benzene rings is 1. The second-order valence-electron chi connectivity index (χ2n) is 4.78. The summed E-state index contributed by atoms with van der Waals surface area (Å²) < 4.78 is 0. The zero-order chi connectivity index (χ0) is 15.0. The minimum Gasteiger partial charge on any atom is -0.282 e. The van der Waals surface area contributed by atoms with E-state index >= 15 is 0 Å². The molecule has 0 radical (unpaired) electrons. The number of rotatable bonds is 2. The molecular weight excluding hydrogens is 284 g/mol. The molecule has 106 valence electrons. The molecule has 0 aromatic heterocycles. The average Bonchev–Trinajstić information content (AvgIpc) is 2.88. The topological polar surface area (TPSA) is 68.9 Å². The van der Waals surface area contributed by atoms with Crippen LogP contribution in [0.5, 0.6) is 0 Å². The molecule has 0 bridgehead atoms. The van der Waals surface area contributed by atoms with Gasteiger partial charge < -0.3 is 0 Å². The van der Waals surface area contributed by atoms with E-state index < -0.39 is 0 Å². The van der Waals surface area contributed by atoms with Crippen molar-refractivity contribution in [3.63, 3.8) is 0 Å². The fourth-order valence-corrected chi connectivity index (χ4v) is 2.83. The Morgan fingerprint density at radius 3 is 2.71 bits per heavy atom. The van der Waals surface area contributed by atoms with Crippen molar-refractivity contribution >= 4 is 39.8 Å².